The van der Waals surface area contributed by atoms with Crippen molar-refractivity contribution in [3.63, 3.8) is 0 Å². The topological polar surface area (TPSA) is 69.6 Å². The predicted molar refractivity (Wildman–Crippen MR) is 54.8 cm³/mol. The van der Waals surface area contributed by atoms with E-state index in [2.05, 4.69) is 5.32 Å². The van der Waals surface area contributed by atoms with Gasteiger partial charge in [0.05, 0.1) is 0 Å². The number of phenols is 1. The van der Waals surface area contributed by atoms with E-state index in [1.807, 2.05) is 0 Å². The van der Waals surface area contributed by atoms with Crippen LogP contribution in [0.1, 0.15) is 11.6 Å². The Morgan fingerprint density at radius 3 is 2.21 bits per heavy atom. The molecule has 0 aliphatic heterocycles. The summed E-state index contributed by atoms with van der Waals surface area (Å²) in [6.07, 6.45) is 0. The quantitative estimate of drug-likeness (QED) is 0.711. The summed E-state index contributed by atoms with van der Waals surface area (Å²) in [4.78, 5) is 10.7. The van der Waals surface area contributed by atoms with E-state index in [0.717, 1.165) is 0 Å². The van der Waals surface area contributed by atoms with Crippen molar-refractivity contribution in [2.45, 2.75) is 6.04 Å². The number of benzene rings is 1. The van der Waals surface area contributed by atoms with Crippen LogP contribution in [0.5, 0.6) is 5.75 Å². The average Bonchev–Trinajstić information content (AvgIpc) is 2.09. The number of aliphatic carboxylic acids is 1. The lowest BCUT2D eigenvalue weighted by atomic mass is 10.1. The summed E-state index contributed by atoms with van der Waals surface area (Å²) in [5.41, 5.74) is 0.618. The molecule has 0 saturated heterocycles. The van der Waals surface area contributed by atoms with E-state index in [9.17, 15) is 4.79 Å². The summed E-state index contributed by atoms with van der Waals surface area (Å²) < 4.78 is 0. The van der Waals surface area contributed by atoms with E-state index in [1.165, 1.54) is 12.1 Å². The van der Waals surface area contributed by atoms with Gasteiger partial charge in [-0.25, -0.2) is 0 Å². The van der Waals surface area contributed by atoms with Crippen LogP contribution < -0.4 is 5.32 Å². The molecule has 0 radical (unpaired) electrons. The Hall–Kier alpha value is -1.26. The van der Waals surface area contributed by atoms with Gasteiger partial charge in [-0.05, 0) is 24.7 Å². The van der Waals surface area contributed by atoms with E-state index in [-0.39, 0.29) is 18.2 Å². The Kier molecular flexibility index (Phi) is 4.97. The molecular weight excluding hydrogens is 206 g/mol. The van der Waals surface area contributed by atoms with Gasteiger partial charge in [0.15, 0.2) is 0 Å². The number of hydrogen-bond donors (Lipinski definition) is 3. The number of aromatic hydroxyl groups is 1. The number of carboxylic acid groups (broad SMARTS) is 1. The molecule has 0 fully saturated rings. The molecule has 0 spiro atoms. The van der Waals surface area contributed by atoms with Gasteiger partial charge in [-0.3, -0.25) is 4.79 Å². The molecule has 4 nitrogen and oxygen atoms in total. The van der Waals surface area contributed by atoms with Gasteiger partial charge in [0.2, 0.25) is 0 Å². The Morgan fingerprint density at radius 1 is 1.36 bits per heavy atom. The molecule has 1 unspecified atom stereocenters. The summed E-state index contributed by atoms with van der Waals surface area (Å²) in [6.45, 7) is 0. The lowest BCUT2D eigenvalue weighted by Gasteiger charge is -2.10. The molecule has 0 amide bonds. The van der Waals surface area contributed by atoms with Gasteiger partial charge in [0.25, 0.3) is 0 Å². The molecule has 1 atom stereocenters. The lowest BCUT2D eigenvalue weighted by Crippen LogP contribution is -2.24. The minimum Gasteiger partial charge on any atom is -0.508 e. The first-order chi connectivity index (χ1) is 6.15. The monoisotopic (exact) mass is 217 g/mol. The highest BCUT2D eigenvalue weighted by Gasteiger charge is 2.16. The first-order valence-electron chi connectivity index (χ1n) is 3.84. The third-order valence-electron chi connectivity index (χ3n) is 1.76. The van der Waals surface area contributed by atoms with Crippen molar-refractivity contribution >= 4 is 18.4 Å². The first kappa shape index (κ1) is 12.7. The molecule has 78 valence electrons. The van der Waals surface area contributed by atoms with Gasteiger partial charge in [-0.1, -0.05) is 12.1 Å². The van der Waals surface area contributed by atoms with Crippen LogP contribution in [-0.2, 0) is 4.79 Å². The number of carbonyl (C=O) groups is 1. The van der Waals surface area contributed by atoms with Crippen LogP contribution in [-0.4, -0.2) is 23.2 Å². The van der Waals surface area contributed by atoms with Gasteiger partial charge in [-0.2, -0.15) is 0 Å². The zero-order chi connectivity index (χ0) is 9.84. The van der Waals surface area contributed by atoms with E-state index >= 15 is 0 Å². The van der Waals surface area contributed by atoms with Crippen molar-refractivity contribution in [3.05, 3.63) is 29.8 Å². The summed E-state index contributed by atoms with van der Waals surface area (Å²) >= 11 is 0. The molecule has 5 heteroatoms. The molecule has 0 aromatic heterocycles. The fourth-order valence-electron chi connectivity index (χ4n) is 1.10. The van der Waals surface area contributed by atoms with Crippen molar-refractivity contribution in [1.82, 2.24) is 5.32 Å². The van der Waals surface area contributed by atoms with Crippen molar-refractivity contribution in [2.75, 3.05) is 7.05 Å². The minimum absolute atomic E-state index is 0. The van der Waals surface area contributed by atoms with Crippen molar-refractivity contribution in [1.29, 1.82) is 0 Å². The lowest BCUT2D eigenvalue weighted by molar-refractivity contribution is -0.139. The standard InChI is InChI=1S/C9H11NO3.ClH/c1-10-8(9(12)13)6-2-4-7(11)5-3-6;/h2-5,8,10-11H,1H3,(H,12,13);1H. The SMILES string of the molecule is CNC(C(=O)O)c1ccc(O)cc1.Cl. The molecule has 3 N–H and O–H groups in total. The van der Waals surface area contributed by atoms with Crippen LogP contribution in [0.4, 0.5) is 0 Å². The molecule has 0 saturated carbocycles. The van der Waals surface area contributed by atoms with Crippen LogP contribution >= 0.6 is 12.4 Å². The fraction of sp³-hybridized carbons (Fsp3) is 0.222. The third kappa shape index (κ3) is 2.90. The van der Waals surface area contributed by atoms with Crippen LogP contribution in [0.15, 0.2) is 24.3 Å². The minimum atomic E-state index is -0.937. The summed E-state index contributed by atoms with van der Waals surface area (Å²) in [7, 11) is 1.58. The first-order valence-corrected chi connectivity index (χ1v) is 3.84. The second-order valence-corrected chi connectivity index (χ2v) is 2.65. The average molecular weight is 218 g/mol. The highest BCUT2D eigenvalue weighted by Crippen LogP contribution is 2.16. The highest BCUT2D eigenvalue weighted by molar-refractivity contribution is 5.85. The molecule has 1 aromatic rings. The zero-order valence-electron chi connectivity index (χ0n) is 7.60. The smallest absolute Gasteiger partial charge is 0.325 e. The number of likely N-dealkylation sites (N-methyl/N-ethyl adjacent to an activating group) is 1. The van der Waals surface area contributed by atoms with Gasteiger partial charge in [-0.15, -0.1) is 12.4 Å². The second-order valence-electron chi connectivity index (χ2n) is 2.65. The Morgan fingerprint density at radius 2 is 1.86 bits per heavy atom. The Bertz CT molecular complexity index is 299. The maximum Gasteiger partial charge on any atom is 0.325 e. The van der Waals surface area contributed by atoms with Crippen LogP contribution in [0.3, 0.4) is 0 Å². The van der Waals surface area contributed by atoms with E-state index in [0.29, 0.717) is 5.56 Å². The molecule has 1 aromatic carbocycles. The maximum atomic E-state index is 10.7. The Balaban J connectivity index is 0.00000169. The number of rotatable bonds is 3. The molecule has 1 rings (SSSR count). The molecule has 14 heavy (non-hydrogen) atoms. The molecule has 0 heterocycles. The third-order valence-corrected chi connectivity index (χ3v) is 1.76. The summed E-state index contributed by atoms with van der Waals surface area (Å²) in [5.74, 6) is -0.808. The number of halogens is 1. The van der Waals surface area contributed by atoms with Crippen LogP contribution in [0.25, 0.3) is 0 Å². The molecule has 0 aliphatic rings. The van der Waals surface area contributed by atoms with Gasteiger partial charge in [0, 0.05) is 0 Å². The molecule has 0 bridgehead atoms. The van der Waals surface area contributed by atoms with Crippen molar-refractivity contribution < 1.29 is 15.0 Å². The maximum absolute atomic E-state index is 10.7. The van der Waals surface area contributed by atoms with Gasteiger partial charge in [0.1, 0.15) is 11.8 Å². The number of carboxylic acids is 1. The van der Waals surface area contributed by atoms with Gasteiger partial charge >= 0.3 is 5.97 Å². The largest absolute Gasteiger partial charge is 0.508 e. The van der Waals surface area contributed by atoms with Crippen molar-refractivity contribution in [2.24, 2.45) is 0 Å². The summed E-state index contributed by atoms with van der Waals surface area (Å²) in [5, 5.41) is 20.4. The summed E-state index contributed by atoms with van der Waals surface area (Å²) in [6, 6.07) is 5.35. The number of nitrogens with one attached hydrogen (secondary N) is 1. The fourth-order valence-corrected chi connectivity index (χ4v) is 1.10. The normalized spacial score (nSPS) is 11.5. The number of hydrogen-bond acceptors (Lipinski definition) is 3. The van der Waals surface area contributed by atoms with E-state index in [1.54, 1.807) is 19.2 Å². The highest BCUT2D eigenvalue weighted by atomic mass is 35.5. The van der Waals surface area contributed by atoms with Crippen molar-refractivity contribution in [3.8, 4) is 5.75 Å². The van der Waals surface area contributed by atoms with Crippen LogP contribution in [0.2, 0.25) is 0 Å². The van der Waals surface area contributed by atoms with Crippen LogP contribution in [0, 0.1) is 0 Å². The number of phenolic OH excluding ortho intramolecular Hbond substituents is 1. The second kappa shape index (κ2) is 5.47. The Labute approximate surface area is 88.0 Å². The predicted octanol–water partition coefficient (Wildman–Crippen LogP) is 1.16. The van der Waals surface area contributed by atoms with Gasteiger partial charge < -0.3 is 15.5 Å². The molecule has 0 aliphatic carbocycles. The zero-order valence-corrected chi connectivity index (χ0v) is 8.41. The molecular formula is C9H12ClNO3. The van der Waals surface area contributed by atoms with E-state index in [4.69, 9.17) is 10.2 Å². The van der Waals surface area contributed by atoms with E-state index < -0.39 is 12.0 Å².